The Kier molecular flexibility index (Phi) is 8.90. The molecule has 2 aromatic carbocycles. The van der Waals surface area contributed by atoms with Crippen molar-refractivity contribution < 1.29 is 19.1 Å². The molecule has 2 aromatic rings. The van der Waals surface area contributed by atoms with Crippen LogP contribution in [-0.4, -0.2) is 54.9 Å². The van der Waals surface area contributed by atoms with Gasteiger partial charge < -0.3 is 20.3 Å². The van der Waals surface area contributed by atoms with Crippen molar-refractivity contribution in [2.45, 2.75) is 52.6 Å². The first-order chi connectivity index (χ1) is 16.7. The Morgan fingerprint density at radius 1 is 0.943 bits per heavy atom. The van der Waals surface area contributed by atoms with E-state index in [4.69, 9.17) is 4.74 Å². The number of nitrogens with zero attached hydrogens (tertiary/aromatic N) is 1. The van der Waals surface area contributed by atoms with Crippen LogP contribution in [0, 0.1) is 18.8 Å². The van der Waals surface area contributed by atoms with E-state index in [2.05, 4.69) is 24.5 Å². The first-order valence-electron chi connectivity index (χ1n) is 12.3. The average Bonchev–Trinajstić information content (AvgIpc) is 2.86. The number of carbonyl (C=O) groups excluding carboxylic acids is 3. The zero-order valence-corrected chi connectivity index (χ0v) is 21.3. The van der Waals surface area contributed by atoms with E-state index >= 15 is 0 Å². The third kappa shape index (κ3) is 6.84. The predicted molar refractivity (Wildman–Crippen MR) is 136 cm³/mol. The molecular formula is C28H37N3O4. The fourth-order valence-corrected chi connectivity index (χ4v) is 4.24. The molecule has 0 radical (unpaired) electrons. The highest BCUT2D eigenvalue weighted by molar-refractivity contribution is 5.98. The average molecular weight is 480 g/mol. The Bertz CT molecular complexity index is 1030. The normalized spacial score (nSPS) is 15.9. The van der Waals surface area contributed by atoms with Crippen LogP contribution in [0.3, 0.4) is 0 Å². The molecule has 0 aromatic heterocycles. The Balaban J connectivity index is 1.70. The maximum absolute atomic E-state index is 13.3. The molecule has 2 unspecified atom stereocenters. The molecule has 1 heterocycles. The number of nitrogens with one attached hydrogen (secondary N) is 2. The van der Waals surface area contributed by atoms with Crippen molar-refractivity contribution in [2.24, 2.45) is 11.8 Å². The van der Waals surface area contributed by atoms with Gasteiger partial charge in [-0.25, -0.2) is 0 Å². The third-order valence-electron chi connectivity index (χ3n) is 6.85. The molecule has 1 aliphatic heterocycles. The molecule has 2 N–H and O–H groups in total. The first kappa shape index (κ1) is 26.3. The Labute approximate surface area is 208 Å². The minimum atomic E-state index is -0.664. The molecule has 3 rings (SSSR count). The van der Waals surface area contributed by atoms with Gasteiger partial charge in [0.05, 0.1) is 7.11 Å². The summed E-state index contributed by atoms with van der Waals surface area (Å²) < 4.78 is 5.17. The van der Waals surface area contributed by atoms with Crippen LogP contribution >= 0.6 is 0 Å². The molecule has 0 spiro atoms. The van der Waals surface area contributed by atoms with Gasteiger partial charge in [0.15, 0.2) is 0 Å². The number of rotatable bonds is 8. The fourth-order valence-electron chi connectivity index (χ4n) is 4.24. The first-order valence-corrected chi connectivity index (χ1v) is 12.3. The number of amides is 3. The lowest BCUT2D eigenvalue weighted by molar-refractivity contribution is -0.125. The van der Waals surface area contributed by atoms with Crippen molar-refractivity contribution in [3.63, 3.8) is 0 Å². The maximum Gasteiger partial charge on any atom is 0.253 e. The van der Waals surface area contributed by atoms with Gasteiger partial charge in [0, 0.05) is 30.3 Å². The van der Waals surface area contributed by atoms with Crippen LogP contribution in [0.15, 0.2) is 48.5 Å². The van der Waals surface area contributed by atoms with Crippen LogP contribution in [0.5, 0.6) is 5.75 Å². The number of aryl methyl sites for hydroxylation is 1. The molecule has 1 saturated heterocycles. The van der Waals surface area contributed by atoms with E-state index in [1.807, 2.05) is 36.9 Å². The number of piperidine rings is 1. The zero-order chi connectivity index (χ0) is 25.5. The minimum absolute atomic E-state index is 0.0161. The highest BCUT2D eigenvalue weighted by Gasteiger charge is 2.35. The molecule has 35 heavy (non-hydrogen) atoms. The standard InChI is InChI=1S/C28H37N3O4/c1-18(2)20(4)29-27(33)25(30-26(32)23-8-6-7-19(3)17-23)21-13-15-31(16-14-21)28(34)22-9-11-24(35-5)12-10-22/h6-12,17-18,20-21,25H,13-16H2,1-5H3,(H,29,33)(H,30,32). The molecule has 3 amide bonds. The topological polar surface area (TPSA) is 87.7 Å². The number of carbonyl (C=O) groups is 3. The Morgan fingerprint density at radius 2 is 1.60 bits per heavy atom. The molecule has 188 valence electrons. The Morgan fingerprint density at radius 3 is 2.17 bits per heavy atom. The van der Waals surface area contributed by atoms with Gasteiger partial charge in [-0.05, 0) is 74.9 Å². The highest BCUT2D eigenvalue weighted by atomic mass is 16.5. The number of hydrogen-bond donors (Lipinski definition) is 2. The fraction of sp³-hybridized carbons (Fsp3) is 0.464. The minimum Gasteiger partial charge on any atom is -0.497 e. The number of hydrogen-bond acceptors (Lipinski definition) is 4. The summed E-state index contributed by atoms with van der Waals surface area (Å²) in [6.45, 7) is 9.06. The lowest BCUT2D eigenvalue weighted by atomic mass is 9.87. The van der Waals surface area contributed by atoms with Crippen molar-refractivity contribution >= 4 is 17.7 Å². The molecule has 7 nitrogen and oxygen atoms in total. The van der Waals surface area contributed by atoms with E-state index in [0.717, 1.165) is 5.56 Å². The molecule has 2 atom stereocenters. The smallest absolute Gasteiger partial charge is 0.253 e. The van der Waals surface area contributed by atoms with Crippen molar-refractivity contribution in [3.05, 3.63) is 65.2 Å². The lowest BCUT2D eigenvalue weighted by Gasteiger charge is -2.36. The van der Waals surface area contributed by atoms with E-state index < -0.39 is 6.04 Å². The van der Waals surface area contributed by atoms with Crippen molar-refractivity contribution in [2.75, 3.05) is 20.2 Å². The number of benzene rings is 2. The summed E-state index contributed by atoms with van der Waals surface area (Å²) in [5.41, 5.74) is 2.13. The molecule has 0 aliphatic carbocycles. The van der Waals surface area contributed by atoms with Crippen LogP contribution in [-0.2, 0) is 4.79 Å². The zero-order valence-electron chi connectivity index (χ0n) is 21.3. The third-order valence-corrected chi connectivity index (χ3v) is 6.85. The summed E-state index contributed by atoms with van der Waals surface area (Å²) in [7, 11) is 1.59. The van der Waals surface area contributed by atoms with E-state index in [0.29, 0.717) is 42.8 Å². The van der Waals surface area contributed by atoms with Crippen LogP contribution < -0.4 is 15.4 Å². The molecule has 0 bridgehead atoms. The SMILES string of the molecule is COc1ccc(C(=O)N2CCC(C(NC(=O)c3cccc(C)c3)C(=O)NC(C)C(C)C)CC2)cc1. The summed E-state index contributed by atoms with van der Waals surface area (Å²) in [5, 5.41) is 6.06. The monoisotopic (exact) mass is 479 g/mol. The van der Waals surface area contributed by atoms with Gasteiger partial charge in [0.25, 0.3) is 11.8 Å². The summed E-state index contributed by atoms with van der Waals surface area (Å²) in [4.78, 5) is 41.1. The van der Waals surface area contributed by atoms with Gasteiger partial charge in [0.2, 0.25) is 5.91 Å². The summed E-state index contributed by atoms with van der Waals surface area (Å²) in [5.74, 6) is 0.437. The number of ether oxygens (including phenoxy) is 1. The van der Waals surface area contributed by atoms with Gasteiger partial charge >= 0.3 is 0 Å². The van der Waals surface area contributed by atoms with E-state index in [1.165, 1.54) is 0 Å². The second-order valence-electron chi connectivity index (χ2n) is 9.72. The van der Waals surface area contributed by atoms with Crippen molar-refractivity contribution in [3.8, 4) is 5.75 Å². The molecule has 7 heteroatoms. The van der Waals surface area contributed by atoms with Crippen LogP contribution in [0.25, 0.3) is 0 Å². The maximum atomic E-state index is 13.3. The van der Waals surface area contributed by atoms with Gasteiger partial charge in [-0.15, -0.1) is 0 Å². The van der Waals surface area contributed by atoms with Gasteiger partial charge in [-0.1, -0.05) is 31.5 Å². The second-order valence-corrected chi connectivity index (χ2v) is 9.72. The largest absolute Gasteiger partial charge is 0.497 e. The second kappa shape index (κ2) is 11.9. The van der Waals surface area contributed by atoms with Crippen molar-refractivity contribution in [1.82, 2.24) is 15.5 Å². The van der Waals surface area contributed by atoms with Gasteiger partial charge in [-0.3, -0.25) is 14.4 Å². The Hall–Kier alpha value is -3.35. The van der Waals surface area contributed by atoms with Crippen LogP contribution in [0.2, 0.25) is 0 Å². The number of likely N-dealkylation sites (tertiary alicyclic amines) is 1. The molecule has 1 fully saturated rings. The lowest BCUT2D eigenvalue weighted by Crippen LogP contribution is -2.55. The molecule has 0 saturated carbocycles. The summed E-state index contributed by atoms with van der Waals surface area (Å²) >= 11 is 0. The van der Waals surface area contributed by atoms with Crippen LogP contribution in [0.1, 0.15) is 59.9 Å². The number of methoxy groups -OCH3 is 1. The van der Waals surface area contributed by atoms with E-state index in [1.54, 1.807) is 37.4 Å². The van der Waals surface area contributed by atoms with Gasteiger partial charge in [-0.2, -0.15) is 0 Å². The summed E-state index contributed by atoms with van der Waals surface area (Å²) in [6, 6.07) is 13.7. The molecule has 1 aliphatic rings. The highest BCUT2D eigenvalue weighted by Crippen LogP contribution is 2.24. The van der Waals surface area contributed by atoms with E-state index in [9.17, 15) is 14.4 Å². The van der Waals surface area contributed by atoms with E-state index in [-0.39, 0.29) is 35.6 Å². The summed E-state index contributed by atoms with van der Waals surface area (Å²) in [6.07, 6.45) is 1.26. The van der Waals surface area contributed by atoms with Crippen LogP contribution in [0.4, 0.5) is 0 Å². The van der Waals surface area contributed by atoms with Crippen molar-refractivity contribution in [1.29, 1.82) is 0 Å². The quantitative estimate of drug-likeness (QED) is 0.603. The van der Waals surface area contributed by atoms with Gasteiger partial charge in [0.1, 0.15) is 11.8 Å². The molecular weight excluding hydrogens is 442 g/mol. The predicted octanol–water partition coefficient (Wildman–Crippen LogP) is 3.82.